The standard InChI is InChI=1S/C11H9NOS2/c13-15(11-2-1-5-12-8-11)7-4-10-3-6-14-9-10/h1-9H/b7-4-. The molecular weight excluding hydrogens is 226 g/mol. The molecule has 1 atom stereocenters. The molecule has 0 N–H and O–H groups in total. The lowest BCUT2D eigenvalue weighted by molar-refractivity contribution is 0.688. The predicted octanol–water partition coefficient (Wildman–Crippen LogP) is 2.92. The van der Waals surface area contributed by atoms with Crippen molar-refractivity contribution in [3.63, 3.8) is 0 Å². The maximum atomic E-state index is 11.7. The molecule has 2 heterocycles. The second-order valence-electron chi connectivity index (χ2n) is 2.85. The summed E-state index contributed by atoms with van der Waals surface area (Å²) in [6, 6.07) is 5.58. The highest BCUT2D eigenvalue weighted by Gasteiger charge is 1.97. The zero-order chi connectivity index (χ0) is 10.5. The van der Waals surface area contributed by atoms with Crippen LogP contribution in [-0.4, -0.2) is 9.19 Å². The second-order valence-corrected chi connectivity index (χ2v) is 4.96. The van der Waals surface area contributed by atoms with Crippen molar-refractivity contribution in [2.75, 3.05) is 0 Å². The van der Waals surface area contributed by atoms with Crippen molar-refractivity contribution in [2.24, 2.45) is 0 Å². The number of pyridine rings is 1. The van der Waals surface area contributed by atoms with Gasteiger partial charge in [-0.25, -0.2) is 4.21 Å². The van der Waals surface area contributed by atoms with Crippen LogP contribution in [0.15, 0.2) is 51.7 Å². The molecule has 0 radical (unpaired) electrons. The molecular formula is C11H9NOS2. The normalized spacial score (nSPS) is 13.1. The first-order valence-electron chi connectivity index (χ1n) is 4.37. The first-order valence-corrected chi connectivity index (χ1v) is 6.53. The minimum Gasteiger partial charge on any atom is -0.263 e. The fourth-order valence-electron chi connectivity index (χ4n) is 1.05. The minimum atomic E-state index is -1.11. The largest absolute Gasteiger partial charge is 0.263 e. The predicted molar refractivity (Wildman–Crippen MR) is 64.0 cm³/mol. The van der Waals surface area contributed by atoms with Crippen LogP contribution in [0.4, 0.5) is 0 Å². The van der Waals surface area contributed by atoms with Crippen molar-refractivity contribution >= 4 is 28.2 Å². The van der Waals surface area contributed by atoms with Crippen LogP contribution < -0.4 is 0 Å². The Kier molecular flexibility index (Phi) is 3.42. The molecule has 0 fully saturated rings. The Morgan fingerprint density at radius 1 is 1.40 bits per heavy atom. The van der Waals surface area contributed by atoms with Gasteiger partial charge in [0, 0.05) is 17.8 Å². The molecule has 0 saturated heterocycles. The average molecular weight is 235 g/mol. The number of aromatic nitrogens is 1. The molecule has 0 amide bonds. The number of hydrogen-bond donors (Lipinski definition) is 0. The molecule has 2 rings (SSSR count). The Hall–Kier alpha value is -1.26. The third kappa shape index (κ3) is 2.84. The summed E-state index contributed by atoms with van der Waals surface area (Å²) in [5, 5.41) is 5.68. The number of nitrogens with zero attached hydrogens (tertiary/aromatic N) is 1. The molecule has 2 aromatic rings. The van der Waals surface area contributed by atoms with E-state index in [0.717, 1.165) is 10.5 Å². The smallest absolute Gasteiger partial charge is 0.0791 e. The summed E-state index contributed by atoms with van der Waals surface area (Å²) < 4.78 is 11.7. The Morgan fingerprint density at radius 2 is 2.33 bits per heavy atom. The van der Waals surface area contributed by atoms with Gasteiger partial charge in [0.1, 0.15) is 0 Å². The van der Waals surface area contributed by atoms with Gasteiger partial charge in [-0.05, 0) is 40.6 Å². The van der Waals surface area contributed by atoms with Crippen LogP contribution in [0.3, 0.4) is 0 Å². The van der Waals surface area contributed by atoms with E-state index in [1.807, 2.05) is 22.9 Å². The van der Waals surface area contributed by atoms with Crippen LogP contribution in [0.1, 0.15) is 5.56 Å². The summed E-state index contributed by atoms with van der Waals surface area (Å²) >= 11 is 1.62. The van der Waals surface area contributed by atoms with Crippen molar-refractivity contribution in [3.8, 4) is 0 Å². The molecule has 0 bridgehead atoms. The highest BCUT2D eigenvalue weighted by molar-refractivity contribution is 7.88. The zero-order valence-corrected chi connectivity index (χ0v) is 9.50. The first kappa shape index (κ1) is 10.3. The number of rotatable bonds is 3. The molecule has 2 nitrogen and oxygen atoms in total. The Balaban J connectivity index is 2.11. The van der Waals surface area contributed by atoms with E-state index in [2.05, 4.69) is 4.98 Å². The molecule has 0 aliphatic carbocycles. The fraction of sp³-hybridized carbons (Fsp3) is 0. The van der Waals surface area contributed by atoms with E-state index in [-0.39, 0.29) is 0 Å². The first-order chi connectivity index (χ1) is 7.36. The Morgan fingerprint density at radius 3 is 3.00 bits per heavy atom. The SMILES string of the molecule is O=S(/C=C\c1ccsc1)c1cccnc1. The molecule has 2 aromatic heterocycles. The maximum absolute atomic E-state index is 11.7. The van der Waals surface area contributed by atoms with Crippen LogP contribution >= 0.6 is 11.3 Å². The van der Waals surface area contributed by atoms with Crippen molar-refractivity contribution in [3.05, 3.63) is 52.3 Å². The quantitative estimate of drug-likeness (QED) is 0.818. The molecule has 0 aliphatic heterocycles. The molecule has 15 heavy (non-hydrogen) atoms. The minimum absolute atomic E-state index is 0.726. The Labute approximate surface area is 94.8 Å². The Bertz CT molecular complexity index is 463. The van der Waals surface area contributed by atoms with Gasteiger partial charge in [-0.3, -0.25) is 4.98 Å². The van der Waals surface area contributed by atoms with Gasteiger partial charge in [0.25, 0.3) is 0 Å². The monoisotopic (exact) mass is 235 g/mol. The molecule has 1 unspecified atom stereocenters. The number of thiophene rings is 1. The van der Waals surface area contributed by atoms with Crippen LogP contribution in [0.25, 0.3) is 6.08 Å². The van der Waals surface area contributed by atoms with Crippen molar-refractivity contribution < 1.29 is 4.21 Å². The summed E-state index contributed by atoms with van der Waals surface area (Å²) in [4.78, 5) is 4.65. The van der Waals surface area contributed by atoms with Gasteiger partial charge in [0.2, 0.25) is 0 Å². The number of hydrogen-bond acceptors (Lipinski definition) is 3. The highest BCUT2D eigenvalue weighted by Crippen LogP contribution is 2.11. The summed E-state index contributed by atoms with van der Waals surface area (Å²) in [6.07, 6.45) is 5.15. The third-order valence-corrected chi connectivity index (χ3v) is 3.58. The molecule has 76 valence electrons. The summed E-state index contributed by atoms with van der Waals surface area (Å²) in [5.74, 6) is 0. The van der Waals surface area contributed by atoms with E-state index in [4.69, 9.17) is 0 Å². The summed E-state index contributed by atoms with van der Waals surface area (Å²) in [6.45, 7) is 0. The van der Waals surface area contributed by atoms with E-state index >= 15 is 0 Å². The van der Waals surface area contributed by atoms with Gasteiger partial charge in [0.05, 0.1) is 15.7 Å². The lowest BCUT2D eigenvalue weighted by Crippen LogP contribution is -1.86. The van der Waals surface area contributed by atoms with E-state index in [9.17, 15) is 4.21 Å². The maximum Gasteiger partial charge on any atom is 0.0791 e. The van der Waals surface area contributed by atoms with Gasteiger partial charge in [-0.15, -0.1) is 0 Å². The van der Waals surface area contributed by atoms with Crippen LogP contribution in [-0.2, 0) is 10.8 Å². The van der Waals surface area contributed by atoms with Crippen LogP contribution in [0, 0.1) is 0 Å². The second kappa shape index (κ2) is 5.00. The van der Waals surface area contributed by atoms with Gasteiger partial charge in [-0.2, -0.15) is 11.3 Å². The van der Waals surface area contributed by atoms with E-state index in [1.54, 1.807) is 41.3 Å². The fourth-order valence-corrected chi connectivity index (χ4v) is 2.50. The average Bonchev–Trinajstić information content (AvgIpc) is 2.80. The molecule has 0 saturated carbocycles. The molecule has 0 spiro atoms. The molecule has 0 aromatic carbocycles. The highest BCUT2D eigenvalue weighted by atomic mass is 32.2. The van der Waals surface area contributed by atoms with Gasteiger partial charge >= 0.3 is 0 Å². The summed E-state index contributed by atoms with van der Waals surface area (Å²) in [5.41, 5.74) is 1.08. The van der Waals surface area contributed by atoms with Crippen molar-refractivity contribution in [1.29, 1.82) is 0 Å². The zero-order valence-electron chi connectivity index (χ0n) is 7.87. The lowest BCUT2D eigenvalue weighted by Gasteiger charge is -1.93. The van der Waals surface area contributed by atoms with Crippen LogP contribution in [0.2, 0.25) is 0 Å². The molecule has 0 aliphatic rings. The van der Waals surface area contributed by atoms with Gasteiger partial charge in [-0.1, -0.05) is 0 Å². The third-order valence-electron chi connectivity index (χ3n) is 1.79. The lowest BCUT2D eigenvalue weighted by atomic mass is 10.3. The van der Waals surface area contributed by atoms with E-state index in [1.165, 1.54) is 0 Å². The van der Waals surface area contributed by atoms with Crippen LogP contribution in [0.5, 0.6) is 0 Å². The van der Waals surface area contributed by atoms with Crippen molar-refractivity contribution in [1.82, 2.24) is 4.98 Å². The van der Waals surface area contributed by atoms with Crippen molar-refractivity contribution in [2.45, 2.75) is 4.90 Å². The summed E-state index contributed by atoms with van der Waals surface area (Å²) in [7, 11) is -1.11. The van der Waals surface area contributed by atoms with E-state index < -0.39 is 10.8 Å². The van der Waals surface area contributed by atoms with E-state index in [0.29, 0.717) is 0 Å². The van der Waals surface area contributed by atoms with Gasteiger partial charge < -0.3 is 0 Å². The molecule has 4 heteroatoms. The van der Waals surface area contributed by atoms with Gasteiger partial charge in [0.15, 0.2) is 0 Å². The topological polar surface area (TPSA) is 30.0 Å².